The molecule has 0 fully saturated rings. The van der Waals surface area contributed by atoms with Crippen molar-refractivity contribution < 1.29 is 19.1 Å². The van der Waals surface area contributed by atoms with Crippen LogP contribution in [0, 0.1) is 6.92 Å². The lowest BCUT2D eigenvalue weighted by Crippen LogP contribution is -2.15. The Morgan fingerprint density at radius 3 is 2.41 bits per heavy atom. The van der Waals surface area contributed by atoms with E-state index in [9.17, 15) is 9.59 Å². The molecule has 1 unspecified atom stereocenters. The molecular weight excluding hydrogens is 450 g/mol. The van der Waals surface area contributed by atoms with Gasteiger partial charge < -0.3 is 9.47 Å². The van der Waals surface area contributed by atoms with Gasteiger partial charge in [-0.1, -0.05) is 48.5 Å². The molecule has 172 valence electrons. The molecular formula is C28H24ClNO4. The van der Waals surface area contributed by atoms with Crippen LogP contribution in [0.1, 0.15) is 33.3 Å². The van der Waals surface area contributed by atoms with Crippen molar-refractivity contribution in [2.24, 2.45) is 0 Å². The molecule has 0 aliphatic heterocycles. The zero-order valence-electron chi connectivity index (χ0n) is 19.0. The number of hydrogen-bond donors (Lipinski definition) is 0. The first kappa shape index (κ1) is 23.3. The zero-order chi connectivity index (χ0) is 24.2. The van der Waals surface area contributed by atoms with Crippen molar-refractivity contribution in [3.05, 3.63) is 113 Å². The Bertz CT molecular complexity index is 1360. The van der Waals surface area contributed by atoms with Gasteiger partial charge in [-0.05, 0) is 66.6 Å². The number of hydrogen-bond acceptors (Lipinski definition) is 4. The van der Waals surface area contributed by atoms with Crippen LogP contribution in [0.4, 0.5) is 0 Å². The highest BCUT2D eigenvalue weighted by atomic mass is 35.5. The number of nitrogens with zero attached hydrogens (tertiary/aromatic N) is 1. The maximum Gasteiger partial charge on any atom is 0.311 e. The van der Waals surface area contributed by atoms with Gasteiger partial charge in [0.2, 0.25) is 0 Å². The van der Waals surface area contributed by atoms with Crippen LogP contribution in [-0.2, 0) is 16.0 Å². The molecule has 0 amide bonds. The molecule has 5 nitrogen and oxygen atoms in total. The first-order valence-electron chi connectivity index (χ1n) is 10.8. The molecule has 0 bridgehead atoms. The van der Waals surface area contributed by atoms with Gasteiger partial charge in [-0.25, -0.2) is 0 Å². The number of esters is 1. The van der Waals surface area contributed by atoms with Crippen LogP contribution in [0.3, 0.4) is 0 Å². The van der Waals surface area contributed by atoms with Crippen LogP contribution in [-0.4, -0.2) is 23.6 Å². The fourth-order valence-electron chi connectivity index (χ4n) is 4.02. The third-order valence-electron chi connectivity index (χ3n) is 5.76. The minimum absolute atomic E-state index is 0.00638. The second-order valence-corrected chi connectivity index (χ2v) is 8.26. The summed E-state index contributed by atoms with van der Waals surface area (Å²) in [6, 6.07) is 21.6. The van der Waals surface area contributed by atoms with Crippen molar-refractivity contribution in [3.63, 3.8) is 0 Å². The van der Waals surface area contributed by atoms with Crippen molar-refractivity contribution in [1.82, 2.24) is 4.57 Å². The van der Waals surface area contributed by atoms with E-state index in [4.69, 9.17) is 21.1 Å². The zero-order valence-corrected chi connectivity index (χ0v) is 19.7. The predicted molar refractivity (Wildman–Crippen MR) is 134 cm³/mol. The molecule has 34 heavy (non-hydrogen) atoms. The highest BCUT2D eigenvalue weighted by molar-refractivity contribution is 6.30. The summed E-state index contributed by atoms with van der Waals surface area (Å²) in [4.78, 5) is 26.4. The lowest BCUT2D eigenvalue weighted by Gasteiger charge is -2.14. The van der Waals surface area contributed by atoms with E-state index in [0.29, 0.717) is 33.1 Å². The molecule has 1 aromatic heterocycles. The number of carbonyl (C=O) groups is 2. The number of methoxy groups -OCH3 is 1. The van der Waals surface area contributed by atoms with E-state index in [1.165, 1.54) is 0 Å². The highest BCUT2D eigenvalue weighted by Gasteiger charge is 2.23. The number of carbonyl (C=O) groups excluding carboxylic acids is 2. The van der Waals surface area contributed by atoms with Crippen LogP contribution in [0.25, 0.3) is 10.9 Å². The van der Waals surface area contributed by atoms with Gasteiger partial charge >= 0.3 is 5.97 Å². The molecule has 1 atom stereocenters. The number of ether oxygens (including phenoxy) is 2. The number of benzene rings is 3. The lowest BCUT2D eigenvalue weighted by molar-refractivity contribution is -0.146. The van der Waals surface area contributed by atoms with E-state index in [-0.39, 0.29) is 12.3 Å². The second kappa shape index (κ2) is 9.98. The van der Waals surface area contributed by atoms with E-state index in [2.05, 4.69) is 6.58 Å². The third kappa shape index (κ3) is 4.61. The standard InChI is InChI=1S/C28H24ClNO4/c1-4-26(19-8-6-5-7-9-19)34-27(31)17-23-18(2)30(25-15-14-22(33-3)16-24(23)25)28(32)20-10-12-21(29)13-11-20/h4-16,26H,1,17H2,2-3H3. The highest BCUT2D eigenvalue weighted by Crippen LogP contribution is 2.31. The van der Waals surface area contributed by atoms with Crippen molar-refractivity contribution in [2.75, 3.05) is 7.11 Å². The summed E-state index contributed by atoms with van der Waals surface area (Å²) >= 11 is 5.99. The van der Waals surface area contributed by atoms with E-state index < -0.39 is 12.1 Å². The normalized spacial score (nSPS) is 11.7. The fraction of sp³-hybridized carbons (Fsp3) is 0.143. The average molecular weight is 474 g/mol. The van der Waals surface area contributed by atoms with Crippen molar-refractivity contribution in [3.8, 4) is 5.75 Å². The molecule has 3 aromatic carbocycles. The van der Waals surface area contributed by atoms with Gasteiger partial charge in [0.25, 0.3) is 5.91 Å². The number of rotatable bonds is 7. The van der Waals surface area contributed by atoms with Gasteiger partial charge in [-0.15, -0.1) is 0 Å². The van der Waals surface area contributed by atoms with Crippen molar-refractivity contribution >= 4 is 34.4 Å². The number of halogens is 1. The van der Waals surface area contributed by atoms with E-state index in [0.717, 1.165) is 10.9 Å². The molecule has 0 aliphatic rings. The lowest BCUT2D eigenvalue weighted by atomic mass is 10.1. The van der Waals surface area contributed by atoms with E-state index in [1.807, 2.05) is 49.4 Å². The topological polar surface area (TPSA) is 57.5 Å². The Balaban J connectivity index is 1.72. The molecule has 0 N–H and O–H groups in total. The van der Waals surface area contributed by atoms with Gasteiger partial charge in [-0.2, -0.15) is 0 Å². The molecule has 0 radical (unpaired) electrons. The van der Waals surface area contributed by atoms with Gasteiger partial charge in [0.05, 0.1) is 19.0 Å². The summed E-state index contributed by atoms with van der Waals surface area (Å²) < 4.78 is 12.7. The van der Waals surface area contributed by atoms with Gasteiger partial charge in [0.1, 0.15) is 11.9 Å². The van der Waals surface area contributed by atoms with Crippen LogP contribution < -0.4 is 4.74 Å². The van der Waals surface area contributed by atoms with Gasteiger partial charge in [-0.3, -0.25) is 14.2 Å². The first-order valence-corrected chi connectivity index (χ1v) is 11.2. The monoisotopic (exact) mass is 473 g/mol. The predicted octanol–water partition coefficient (Wildman–Crippen LogP) is 6.31. The van der Waals surface area contributed by atoms with Crippen LogP contribution >= 0.6 is 11.6 Å². The summed E-state index contributed by atoms with van der Waals surface area (Å²) in [7, 11) is 1.58. The Labute approximate surface area is 203 Å². The quantitative estimate of drug-likeness (QED) is 0.233. The first-order chi connectivity index (χ1) is 16.4. The Kier molecular flexibility index (Phi) is 6.85. The summed E-state index contributed by atoms with van der Waals surface area (Å²) in [6.45, 7) is 5.63. The van der Waals surface area contributed by atoms with Crippen LogP contribution in [0.15, 0.2) is 85.5 Å². The minimum Gasteiger partial charge on any atom is -0.497 e. The molecule has 0 spiro atoms. The summed E-state index contributed by atoms with van der Waals surface area (Å²) in [5.41, 5.74) is 3.38. The van der Waals surface area contributed by atoms with Gasteiger partial charge in [0.15, 0.2) is 0 Å². The summed E-state index contributed by atoms with van der Waals surface area (Å²) in [5, 5.41) is 1.31. The summed E-state index contributed by atoms with van der Waals surface area (Å²) in [6.07, 6.45) is 1.02. The fourth-order valence-corrected chi connectivity index (χ4v) is 4.14. The molecule has 0 aliphatic carbocycles. The SMILES string of the molecule is C=CC(OC(=O)Cc1c(C)n(C(=O)c2ccc(Cl)cc2)c2ccc(OC)cc12)c1ccccc1. The Hall–Kier alpha value is -3.83. The average Bonchev–Trinajstić information content (AvgIpc) is 3.13. The largest absolute Gasteiger partial charge is 0.497 e. The smallest absolute Gasteiger partial charge is 0.311 e. The maximum atomic E-state index is 13.4. The van der Waals surface area contributed by atoms with Crippen LogP contribution in [0.5, 0.6) is 5.75 Å². The number of aromatic nitrogens is 1. The van der Waals surface area contributed by atoms with E-state index >= 15 is 0 Å². The van der Waals surface area contributed by atoms with E-state index in [1.54, 1.807) is 48.1 Å². The summed E-state index contributed by atoms with van der Waals surface area (Å²) in [5.74, 6) is 0.00123. The molecule has 0 saturated carbocycles. The molecule has 0 saturated heterocycles. The molecule has 4 rings (SSSR count). The Morgan fingerprint density at radius 1 is 1.06 bits per heavy atom. The maximum absolute atomic E-state index is 13.4. The van der Waals surface area contributed by atoms with Gasteiger partial charge in [0, 0.05) is 21.7 Å². The number of fused-ring (bicyclic) bond motifs is 1. The molecule has 1 heterocycles. The molecule has 6 heteroatoms. The van der Waals surface area contributed by atoms with Crippen molar-refractivity contribution in [1.29, 1.82) is 0 Å². The Morgan fingerprint density at radius 2 is 1.76 bits per heavy atom. The molecule has 4 aromatic rings. The third-order valence-corrected chi connectivity index (χ3v) is 6.01. The van der Waals surface area contributed by atoms with Crippen LogP contribution in [0.2, 0.25) is 5.02 Å². The minimum atomic E-state index is -0.562. The van der Waals surface area contributed by atoms with Crippen molar-refractivity contribution in [2.45, 2.75) is 19.4 Å². The second-order valence-electron chi connectivity index (χ2n) is 7.83.